The van der Waals surface area contributed by atoms with Crippen molar-refractivity contribution in [2.75, 3.05) is 5.32 Å². The molecule has 0 spiro atoms. The first kappa shape index (κ1) is 12.1. The largest absolute Gasteiger partial charge is 0.335 e. The SMILES string of the molecule is C[C@@H](Cn1ccnc1)NC(=O)Nc1ccncc1. The maximum atomic E-state index is 11.7. The van der Waals surface area contributed by atoms with E-state index in [2.05, 4.69) is 20.6 Å². The van der Waals surface area contributed by atoms with Gasteiger partial charge in [0.15, 0.2) is 0 Å². The normalized spacial score (nSPS) is 11.8. The molecule has 0 radical (unpaired) electrons. The van der Waals surface area contributed by atoms with E-state index in [9.17, 15) is 4.79 Å². The van der Waals surface area contributed by atoms with Gasteiger partial charge in [0.25, 0.3) is 0 Å². The second-order valence-electron chi connectivity index (χ2n) is 3.99. The maximum absolute atomic E-state index is 11.7. The molecule has 0 saturated heterocycles. The lowest BCUT2D eigenvalue weighted by Crippen LogP contribution is -2.38. The zero-order valence-corrected chi connectivity index (χ0v) is 10.1. The number of imidazole rings is 1. The van der Waals surface area contributed by atoms with Crippen LogP contribution in [-0.2, 0) is 6.54 Å². The number of nitrogens with zero attached hydrogens (tertiary/aromatic N) is 3. The summed E-state index contributed by atoms with van der Waals surface area (Å²) in [6.45, 7) is 2.62. The predicted molar refractivity (Wildman–Crippen MR) is 68.1 cm³/mol. The van der Waals surface area contributed by atoms with Crippen molar-refractivity contribution in [3.05, 3.63) is 43.2 Å². The lowest BCUT2D eigenvalue weighted by Gasteiger charge is -2.15. The van der Waals surface area contributed by atoms with Crippen LogP contribution in [0, 0.1) is 0 Å². The van der Waals surface area contributed by atoms with Crippen molar-refractivity contribution in [3.63, 3.8) is 0 Å². The van der Waals surface area contributed by atoms with E-state index in [0.29, 0.717) is 6.54 Å². The summed E-state index contributed by atoms with van der Waals surface area (Å²) in [5.41, 5.74) is 0.720. The maximum Gasteiger partial charge on any atom is 0.319 e. The molecule has 2 aromatic heterocycles. The van der Waals surface area contributed by atoms with Crippen molar-refractivity contribution < 1.29 is 4.79 Å². The molecule has 6 heteroatoms. The van der Waals surface area contributed by atoms with Crippen LogP contribution in [0.15, 0.2) is 43.2 Å². The minimum Gasteiger partial charge on any atom is -0.335 e. The molecule has 2 heterocycles. The Hall–Kier alpha value is -2.37. The molecule has 0 aromatic carbocycles. The third kappa shape index (κ3) is 3.58. The Balaban J connectivity index is 1.80. The highest BCUT2D eigenvalue weighted by atomic mass is 16.2. The van der Waals surface area contributed by atoms with Gasteiger partial charge in [0.2, 0.25) is 0 Å². The number of carbonyl (C=O) groups excluding carboxylic acids is 1. The van der Waals surface area contributed by atoms with E-state index in [1.54, 1.807) is 37.1 Å². The van der Waals surface area contributed by atoms with E-state index in [-0.39, 0.29) is 12.1 Å². The average Bonchev–Trinajstić information content (AvgIpc) is 2.82. The fourth-order valence-corrected chi connectivity index (χ4v) is 1.58. The molecule has 0 unspecified atom stereocenters. The summed E-state index contributed by atoms with van der Waals surface area (Å²) >= 11 is 0. The van der Waals surface area contributed by atoms with Crippen molar-refractivity contribution in [1.82, 2.24) is 19.9 Å². The summed E-state index contributed by atoms with van der Waals surface area (Å²) in [7, 11) is 0. The molecule has 0 fully saturated rings. The quantitative estimate of drug-likeness (QED) is 0.857. The number of hydrogen-bond acceptors (Lipinski definition) is 3. The van der Waals surface area contributed by atoms with E-state index in [1.165, 1.54) is 0 Å². The van der Waals surface area contributed by atoms with Crippen molar-refractivity contribution in [3.8, 4) is 0 Å². The van der Waals surface area contributed by atoms with Crippen molar-refractivity contribution in [2.24, 2.45) is 0 Å². The molecule has 0 aliphatic rings. The third-order valence-corrected chi connectivity index (χ3v) is 2.36. The predicted octanol–water partition coefficient (Wildman–Crippen LogP) is 1.49. The Morgan fingerprint density at radius 3 is 2.78 bits per heavy atom. The molecular weight excluding hydrogens is 230 g/mol. The number of hydrogen-bond donors (Lipinski definition) is 2. The van der Waals surface area contributed by atoms with E-state index in [4.69, 9.17) is 0 Å². The summed E-state index contributed by atoms with van der Waals surface area (Å²) < 4.78 is 1.91. The Bertz CT molecular complexity index is 482. The van der Waals surface area contributed by atoms with Crippen molar-refractivity contribution >= 4 is 11.7 Å². The monoisotopic (exact) mass is 245 g/mol. The number of amides is 2. The zero-order chi connectivity index (χ0) is 12.8. The van der Waals surface area contributed by atoms with Crippen LogP contribution < -0.4 is 10.6 Å². The van der Waals surface area contributed by atoms with Gasteiger partial charge >= 0.3 is 6.03 Å². The van der Waals surface area contributed by atoms with Gasteiger partial charge in [-0.05, 0) is 19.1 Å². The van der Waals surface area contributed by atoms with Gasteiger partial charge in [-0.15, -0.1) is 0 Å². The Morgan fingerprint density at radius 2 is 2.11 bits per heavy atom. The highest BCUT2D eigenvalue weighted by molar-refractivity contribution is 5.89. The number of pyridine rings is 1. The van der Waals surface area contributed by atoms with E-state index in [1.807, 2.05) is 17.7 Å². The fraction of sp³-hybridized carbons (Fsp3) is 0.250. The molecule has 18 heavy (non-hydrogen) atoms. The Morgan fingerprint density at radius 1 is 1.33 bits per heavy atom. The average molecular weight is 245 g/mol. The molecular formula is C12H15N5O. The molecule has 94 valence electrons. The van der Waals surface area contributed by atoms with E-state index >= 15 is 0 Å². The topological polar surface area (TPSA) is 71.8 Å². The summed E-state index contributed by atoms with van der Waals surface area (Å²) in [6, 6.07) is 3.26. The molecule has 0 saturated carbocycles. The van der Waals surface area contributed by atoms with Gasteiger partial charge in [0.1, 0.15) is 0 Å². The molecule has 0 aliphatic heterocycles. The first-order valence-corrected chi connectivity index (χ1v) is 5.67. The molecule has 1 atom stereocenters. The first-order chi connectivity index (χ1) is 8.74. The Kier molecular flexibility index (Phi) is 3.90. The van der Waals surface area contributed by atoms with Crippen LogP contribution in [0.1, 0.15) is 6.92 Å². The lowest BCUT2D eigenvalue weighted by atomic mass is 10.3. The number of aromatic nitrogens is 3. The lowest BCUT2D eigenvalue weighted by molar-refractivity contribution is 0.248. The molecule has 6 nitrogen and oxygen atoms in total. The molecule has 2 N–H and O–H groups in total. The Labute approximate surface area is 105 Å². The number of nitrogens with one attached hydrogen (secondary N) is 2. The van der Waals surface area contributed by atoms with Gasteiger partial charge in [0.05, 0.1) is 6.33 Å². The van der Waals surface area contributed by atoms with Crippen molar-refractivity contribution in [2.45, 2.75) is 19.5 Å². The highest BCUT2D eigenvalue weighted by Crippen LogP contribution is 2.02. The zero-order valence-electron chi connectivity index (χ0n) is 10.1. The summed E-state index contributed by atoms with van der Waals surface area (Å²) in [6.07, 6.45) is 8.55. The van der Waals surface area contributed by atoms with Gasteiger partial charge in [-0.1, -0.05) is 0 Å². The minimum atomic E-state index is -0.228. The van der Waals surface area contributed by atoms with Crippen LogP contribution in [0.4, 0.5) is 10.5 Å². The third-order valence-electron chi connectivity index (χ3n) is 2.36. The number of carbonyl (C=O) groups is 1. The van der Waals surface area contributed by atoms with Crippen LogP contribution >= 0.6 is 0 Å². The molecule has 0 aliphatic carbocycles. The van der Waals surface area contributed by atoms with Gasteiger partial charge in [-0.3, -0.25) is 4.98 Å². The standard InChI is InChI=1S/C12H15N5O/c1-10(8-17-7-6-14-9-17)15-12(18)16-11-2-4-13-5-3-11/h2-7,9-10H,8H2,1H3,(H2,13,15,16,18)/t10-/m0/s1. The fourth-order valence-electron chi connectivity index (χ4n) is 1.58. The van der Waals surface area contributed by atoms with Crippen LogP contribution in [0.2, 0.25) is 0 Å². The van der Waals surface area contributed by atoms with E-state index in [0.717, 1.165) is 5.69 Å². The van der Waals surface area contributed by atoms with Crippen LogP contribution in [-0.4, -0.2) is 26.6 Å². The van der Waals surface area contributed by atoms with Gasteiger partial charge in [-0.2, -0.15) is 0 Å². The summed E-state index contributed by atoms with van der Waals surface area (Å²) in [5.74, 6) is 0. The number of anilines is 1. The van der Waals surface area contributed by atoms with Gasteiger partial charge in [0, 0.05) is 43.1 Å². The highest BCUT2D eigenvalue weighted by Gasteiger charge is 2.07. The van der Waals surface area contributed by atoms with E-state index < -0.39 is 0 Å². The van der Waals surface area contributed by atoms with Gasteiger partial charge < -0.3 is 15.2 Å². The summed E-state index contributed by atoms with van der Waals surface area (Å²) in [4.78, 5) is 19.5. The molecule has 2 rings (SSSR count). The smallest absolute Gasteiger partial charge is 0.319 e. The summed E-state index contributed by atoms with van der Waals surface area (Å²) in [5, 5.41) is 5.59. The number of urea groups is 1. The molecule has 2 aromatic rings. The van der Waals surface area contributed by atoms with Crippen LogP contribution in [0.5, 0.6) is 0 Å². The second-order valence-corrected chi connectivity index (χ2v) is 3.99. The first-order valence-electron chi connectivity index (χ1n) is 5.67. The second kappa shape index (κ2) is 5.81. The molecule has 2 amide bonds. The van der Waals surface area contributed by atoms with Crippen LogP contribution in [0.25, 0.3) is 0 Å². The number of rotatable bonds is 4. The van der Waals surface area contributed by atoms with Crippen molar-refractivity contribution in [1.29, 1.82) is 0 Å². The minimum absolute atomic E-state index is 0.0148. The molecule has 0 bridgehead atoms. The van der Waals surface area contributed by atoms with Crippen LogP contribution in [0.3, 0.4) is 0 Å². The van der Waals surface area contributed by atoms with Gasteiger partial charge in [-0.25, -0.2) is 9.78 Å².